The van der Waals surface area contributed by atoms with Crippen molar-refractivity contribution in [3.05, 3.63) is 95.1 Å². The van der Waals surface area contributed by atoms with Crippen LogP contribution in [0.1, 0.15) is 37.1 Å². The van der Waals surface area contributed by atoms with Crippen LogP contribution in [0, 0.1) is 0 Å². The van der Waals surface area contributed by atoms with Crippen LogP contribution < -0.4 is 71.8 Å². The van der Waals surface area contributed by atoms with Crippen LogP contribution in [0.4, 0.5) is 12.9 Å². The zero-order chi connectivity index (χ0) is 38.3. The van der Waals surface area contributed by atoms with Gasteiger partial charge < -0.3 is 61.9 Å². The van der Waals surface area contributed by atoms with E-state index in [9.17, 15) is 33.4 Å². The molecule has 6 rings (SSSR count). The molecule has 56 heavy (non-hydrogen) atoms. The summed E-state index contributed by atoms with van der Waals surface area (Å²) in [5.41, 5.74) is 3.52. The normalized spacial score (nSPS) is 10.6. The Balaban J connectivity index is 0.000000367. The maximum Gasteiger partial charge on any atom is 1.00 e. The first-order chi connectivity index (χ1) is 25.4. The van der Waals surface area contributed by atoms with Crippen molar-refractivity contribution in [2.24, 2.45) is 0 Å². The fraction of sp³-hybridized carbons (Fsp3) is 0.222. The van der Waals surface area contributed by atoms with Gasteiger partial charge in [0.25, 0.3) is 11.8 Å². The zero-order valence-corrected chi connectivity index (χ0v) is 32.3. The molecule has 0 unspecified atom stereocenters. The van der Waals surface area contributed by atoms with Crippen LogP contribution >= 0.6 is 0 Å². The van der Waals surface area contributed by atoms with Crippen LogP contribution in [-0.2, 0) is 26.4 Å². The van der Waals surface area contributed by atoms with Gasteiger partial charge in [-0.05, 0) is 40.9 Å². The molecule has 292 valence electrons. The van der Waals surface area contributed by atoms with Gasteiger partial charge in [-0.25, -0.2) is 0 Å². The Morgan fingerprint density at radius 3 is 1.32 bits per heavy atom. The molecule has 0 radical (unpaired) electrons. The molecule has 20 heteroatoms. The van der Waals surface area contributed by atoms with Crippen LogP contribution in [0.2, 0.25) is 0 Å². The van der Waals surface area contributed by atoms with Crippen LogP contribution in [-0.4, -0.2) is 79.1 Å². The average Bonchev–Trinajstić information content (AvgIpc) is 3.88. The smallest absolute Gasteiger partial charge is 0.496 e. The molecular weight excluding hydrogens is 766 g/mol. The van der Waals surface area contributed by atoms with Crippen LogP contribution in [0.15, 0.2) is 81.8 Å². The number of methoxy groups -OCH3 is 2. The molecule has 0 atom stereocenters. The van der Waals surface area contributed by atoms with Gasteiger partial charge >= 0.3 is 65.5 Å². The number of hydrogen-bond acceptors (Lipinski definition) is 14. The molecule has 14 nitrogen and oxygen atoms in total. The molecule has 0 spiro atoms. The quantitative estimate of drug-likeness (QED) is 0.0944. The molecule has 2 aromatic heterocycles. The van der Waals surface area contributed by atoms with Crippen molar-refractivity contribution >= 4 is 25.0 Å². The molecule has 0 saturated carbocycles. The number of aliphatic hydroxyl groups excluding tert-OH is 4. The SMILES string of the molecule is C.C.COc1cc(-c2nc(-c3ccc(B(O)O)cc3)no2)cc(CO)c1CO.COc1cc(-c2nc(-c3ccc([B-](F)(F)F)cc3)no2)cc(CO)c1CO.[K+]. The van der Waals surface area contributed by atoms with Gasteiger partial charge in [0.1, 0.15) is 11.5 Å². The number of aliphatic hydroxyl groups is 4. The largest absolute Gasteiger partial charge is 1.00 e. The fourth-order valence-electron chi connectivity index (χ4n) is 5.23. The molecule has 0 aliphatic heterocycles. The average molecular weight is 806 g/mol. The molecule has 0 saturated heterocycles. The number of halogens is 3. The maximum absolute atomic E-state index is 12.7. The van der Waals surface area contributed by atoms with E-state index in [1.165, 1.54) is 26.4 Å². The number of nitrogens with zero attached hydrogens (tertiary/aromatic N) is 4. The van der Waals surface area contributed by atoms with E-state index in [1.54, 1.807) is 48.5 Å². The minimum absolute atomic E-state index is 0. The van der Waals surface area contributed by atoms with Gasteiger partial charge in [-0.3, -0.25) is 0 Å². The summed E-state index contributed by atoms with van der Waals surface area (Å²) in [6.07, 6.45) is 0. The van der Waals surface area contributed by atoms with Crippen molar-refractivity contribution in [3.8, 4) is 57.2 Å². The summed E-state index contributed by atoms with van der Waals surface area (Å²) in [4.78, 5) is 8.52. The van der Waals surface area contributed by atoms with Gasteiger partial charge in [-0.2, -0.15) is 9.97 Å². The monoisotopic (exact) mass is 806 g/mol. The standard InChI is InChI=1S/C17H15BF3N2O4.C17H17BN2O6.2CH4.K/c1-26-15-7-11(6-12(8-24)14(15)9-25)17-22-16(23-27-17)10-2-4-13(5-3-10)18(19,20)21;1-25-15-7-11(6-12(8-21)14(15)9-22)17-19-16(20-26-17)10-2-4-13(5-3-10)18(23)24;;;/h2-7,24-25H,8-9H2,1H3;2-7,21-24H,8-9H2,1H3;2*1H4;/q-1;;;;+1. The van der Waals surface area contributed by atoms with Crippen LogP contribution in [0.5, 0.6) is 11.5 Å². The predicted octanol–water partition coefficient (Wildman–Crippen LogP) is 0.804. The van der Waals surface area contributed by atoms with E-state index in [4.69, 9.17) is 28.6 Å². The third kappa shape index (κ3) is 11.1. The van der Waals surface area contributed by atoms with Crippen LogP contribution in [0.25, 0.3) is 45.7 Å². The fourth-order valence-corrected chi connectivity index (χ4v) is 5.23. The Bertz CT molecular complexity index is 2100. The number of ether oxygens (including phenoxy) is 2. The summed E-state index contributed by atoms with van der Waals surface area (Å²) in [6, 6.07) is 17.3. The first-order valence-corrected chi connectivity index (χ1v) is 15.7. The Labute approximate surface area is 363 Å². The summed E-state index contributed by atoms with van der Waals surface area (Å²) >= 11 is 0. The van der Waals surface area contributed by atoms with E-state index in [1.807, 2.05) is 0 Å². The molecule has 0 aliphatic carbocycles. The minimum Gasteiger partial charge on any atom is -0.496 e. The molecule has 0 amide bonds. The Morgan fingerprint density at radius 1 is 0.607 bits per heavy atom. The Kier molecular flexibility index (Phi) is 18.6. The van der Waals surface area contributed by atoms with Crippen molar-refractivity contribution < 1.29 is 113 Å². The Morgan fingerprint density at radius 2 is 1.00 bits per heavy atom. The predicted molar refractivity (Wildman–Crippen MR) is 199 cm³/mol. The number of rotatable bonds is 12. The van der Waals surface area contributed by atoms with Crippen molar-refractivity contribution in [2.75, 3.05) is 14.2 Å². The van der Waals surface area contributed by atoms with E-state index in [2.05, 4.69) is 20.3 Å². The minimum atomic E-state index is -5.07. The number of aromatic nitrogens is 4. The van der Waals surface area contributed by atoms with Gasteiger partial charge in [0.2, 0.25) is 11.6 Å². The molecule has 0 bridgehead atoms. The number of benzene rings is 4. The molecule has 6 aromatic rings. The third-order valence-corrected chi connectivity index (χ3v) is 8.06. The van der Waals surface area contributed by atoms with Gasteiger partial charge in [-0.15, -0.1) is 5.46 Å². The zero-order valence-electron chi connectivity index (χ0n) is 29.2. The van der Waals surface area contributed by atoms with E-state index < -0.39 is 19.6 Å². The molecule has 0 fully saturated rings. The van der Waals surface area contributed by atoms with Crippen molar-refractivity contribution in [3.63, 3.8) is 0 Å². The summed E-state index contributed by atoms with van der Waals surface area (Å²) in [7, 11) is 1.34. The first-order valence-electron chi connectivity index (χ1n) is 15.7. The molecule has 0 aliphatic rings. The number of hydrogen-bond donors (Lipinski definition) is 6. The summed E-state index contributed by atoms with van der Waals surface area (Å²) in [6.45, 7) is -6.26. The van der Waals surface area contributed by atoms with Gasteiger partial charge in [0, 0.05) is 33.4 Å². The topological polar surface area (TPSA) is 218 Å². The van der Waals surface area contributed by atoms with E-state index >= 15 is 0 Å². The second kappa shape index (κ2) is 21.6. The third-order valence-electron chi connectivity index (χ3n) is 8.06. The van der Waals surface area contributed by atoms with Gasteiger partial charge in [-0.1, -0.05) is 73.7 Å². The molecule has 2 heterocycles. The Hall–Kier alpha value is -3.92. The van der Waals surface area contributed by atoms with Crippen molar-refractivity contribution in [1.82, 2.24) is 20.3 Å². The van der Waals surface area contributed by atoms with E-state index in [-0.39, 0.29) is 110 Å². The summed E-state index contributed by atoms with van der Waals surface area (Å²) < 4.78 is 59.1. The van der Waals surface area contributed by atoms with Gasteiger partial charge in [0.05, 0.1) is 40.6 Å². The molecular formula is C36H40B2F3KN4O10. The second-order valence-electron chi connectivity index (χ2n) is 11.3. The summed E-state index contributed by atoms with van der Waals surface area (Å²) in [5, 5.41) is 63.9. The second-order valence-corrected chi connectivity index (χ2v) is 11.3. The van der Waals surface area contributed by atoms with Gasteiger partial charge in [0.15, 0.2) is 0 Å². The maximum atomic E-state index is 12.7. The van der Waals surface area contributed by atoms with Crippen molar-refractivity contribution in [2.45, 2.75) is 41.3 Å². The summed E-state index contributed by atoms with van der Waals surface area (Å²) in [5.74, 6) is 1.54. The van der Waals surface area contributed by atoms with E-state index in [0.29, 0.717) is 67.3 Å². The van der Waals surface area contributed by atoms with Crippen molar-refractivity contribution in [1.29, 1.82) is 0 Å². The van der Waals surface area contributed by atoms with E-state index in [0.717, 1.165) is 12.1 Å². The first kappa shape index (κ1) is 48.2. The molecule has 6 N–H and O–H groups in total. The molecule has 4 aromatic carbocycles. The van der Waals surface area contributed by atoms with Crippen LogP contribution in [0.3, 0.4) is 0 Å².